The van der Waals surface area contributed by atoms with Crippen molar-refractivity contribution in [3.63, 3.8) is 0 Å². The van der Waals surface area contributed by atoms with E-state index in [4.69, 9.17) is 4.74 Å². The number of nitrogens with zero attached hydrogens (tertiary/aromatic N) is 3. The van der Waals surface area contributed by atoms with Crippen molar-refractivity contribution < 1.29 is 53.8 Å². The van der Waals surface area contributed by atoms with Crippen molar-refractivity contribution in [3.8, 4) is 0 Å². The van der Waals surface area contributed by atoms with E-state index in [1.165, 1.54) is 0 Å². The van der Waals surface area contributed by atoms with Gasteiger partial charge in [0.15, 0.2) is 0 Å². The van der Waals surface area contributed by atoms with Gasteiger partial charge in [0.25, 0.3) is 6.10 Å². The predicted octanol–water partition coefficient (Wildman–Crippen LogP) is 6.24. The lowest BCUT2D eigenvalue weighted by Gasteiger charge is -2.48. The van der Waals surface area contributed by atoms with E-state index in [1.807, 2.05) is 23.6 Å². The molecule has 1 aromatic rings. The first-order chi connectivity index (χ1) is 18.5. The van der Waals surface area contributed by atoms with Crippen molar-refractivity contribution in [1.29, 1.82) is 0 Å². The smallest absolute Gasteiger partial charge is 0.426 e. The maximum atomic E-state index is 13.7. The summed E-state index contributed by atoms with van der Waals surface area (Å²) < 4.78 is 127. The molecule has 2 fully saturated rings. The summed E-state index contributed by atoms with van der Waals surface area (Å²) >= 11 is 0. The molecule has 0 unspecified atom stereocenters. The van der Waals surface area contributed by atoms with Gasteiger partial charge in [0, 0.05) is 44.0 Å². The summed E-state index contributed by atoms with van der Waals surface area (Å²) in [5.74, 6) is 0. The van der Waals surface area contributed by atoms with E-state index >= 15 is 0 Å². The van der Waals surface area contributed by atoms with Crippen LogP contribution in [0.15, 0.2) is 18.2 Å². The molecular formula is C25H32F9N3O3. The Morgan fingerprint density at radius 3 is 2.00 bits per heavy atom. The van der Waals surface area contributed by atoms with Crippen molar-refractivity contribution in [2.45, 2.75) is 69.8 Å². The topological polar surface area (TPSA) is 45.2 Å². The zero-order chi connectivity index (χ0) is 29.9. The minimum absolute atomic E-state index is 0.125. The first-order valence-corrected chi connectivity index (χ1v) is 12.9. The van der Waals surface area contributed by atoms with Gasteiger partial charge in [0.2, 0.25) is 0 Å². The van der Waals surface area contributed by atoms with Crippen LogP contribution < -0.4 is 4.90 Å². The molecule has 0 saturated carbocycles. The number of amides is 1. The number of benzene rings is 1. The number of halogens is 9. The van der Waals surface area contributed by atoms with Crippen LogP contribution >= 0.6 is 0 Å². The fourth-order valence-electron chi connectivity index (χ4n) is 5.26. The highest BCUT2D eigenvalue weighted by atomic mass is 19.4. The van der Waals surface area contributed by atoms with Gasteiger partial charge in [-0.3, -0.25) is 4.90 Å². The molecular weight excluding hydrogens is 561 g/mol. The summed E-state index contributed by atoms with van der Waals surface area (Å²) in [5.41, 5.74) is -0.622. The Hall–Kier alpha value is -2.42. The minimum atomic E-state index is -5.82. The highest BCUT2D eigenvalue weighted by molar-refractivity contribution is 5.68. The second-order valence-electron chi connectivity index (χ2n) is 9.91. The van der Waals surface area contributed by atoms with Gasteiger partial charge in [-0.2, -0.15) is 39.5 Å². The van der Waals surface area contributed by atoms with Crippen molar-refractivity contribution in [1.82, 2.24) is 9.80 Å². The summed E-state index contributed by atoms with van der Waals surface area (Å²) in [6, 6.07) is 3.87. The predicted molar refractivity (Wildman–Crippen MR) is 127 cm³/mol. The monoisotopic (exact) mass is 593 g/mol. The van der Waals surface area contributed by atoms with E-state index in [0.717, 1.165) is 17.0 Å². The number of carbonyl (C=O) groups is 1. The largest absolute Gasteiger partial charge is 0.434 e. The van der Waals surface area contributed by atoms with Gasteiger partial charge in [-0.1, -0.05) is 13.8 Å². The second kappa shape index (κ2) is 12.2. The highest BCUT2D eigenvalue weighted by Gasteiger charge is 2.60. The average Bonchev–Trinajstić information content (AvgIpc) is 2.88. The van der Waals surface area contributed by atoms with Gasteiger partial charge in [0.05, 0.1) is 18.8 Å². The number of hydrogen-bond acceptors (Lipinski definition) is 5. The maximum absolute atomic E-state index is 13.7. The summed E-state index contributed by atoms with van der Waals surface area (Å²) in [5, 5.41) is 0. The molecule has 0 spiro atoms. The minimum Gasteiger partial charge on any atom is -0.426 e. The average molecular weight is 594 g/mol. The Balaban J connectivity index is 1.77. The van der Waals surface area contributed by atoms with Crippen LogP contribution in [0.3, 0.4) is 0 Å². The van der Waals surface area contributed by atoms with Crippen molar-refractivity contribution >= 4 is 11.8 Å². The molecule has 6 nitrogen and oxygen atoms in total. The van der Waals surface area contributed by atoms with E-state index in [0.29, 0.717) is 50.5 Å². The van der Waals surface area contributed by atoms with Crippen LogP contribution in [0.5, 0.6) is 0 Å². The fraction of sp³-hybridized carbons (Fsp3) is 0.720. The molecule has 0 aliphatic carbocycles. The molecule has 40 heavy (non-hydrogen) atoms. The number of likely N-dealkylation sites (tertiary alicyclic amines) is 1. The Morgan fingerprint density at radius 1 is 0.950 bits per heavy atom. The third-order valence-corrected chi connectivity index (χ3v) is 7.53. The van der Waals surface area contributed by atoms with Crippen molar-refractivity contribution in [2.24, 2.45) is 0 Å². The third-order valence-electron chi connectivity index (χ3n) is 7.53. The first kappa shape index (κ1) is 32.1. The summed E-state index contributed by atoms with van der Waals surface area (Å²) in [7, 11) is 0. The summed E-state index contributed by atoms with van der Waals surface area (Å²) in [6.07, 6.45) is -21.3. The second-order valence-corrected chi connectivity index (χ2v) is 9.91. The molecule has 2 aliphatic heterocycles. The summed E-state index contributed by atoms with van der Waals surface area (Å²) in [6.45, 7) is 5.48. The lowest BCUT2D eigenvalue weighted by molar-refractivity contribution is -0.308. The molecule has 2 saturated heterocycles. The molecule has 0 radical (unpaired) electrons. The summed E-state index contributed by atoms with van der Waals surface area (Å²) in [4.78, 5) is 16.8. The van der Waals surface area contributed by atoms with Crippen LogP contribution in [0.4, 0.5) is 50.0 Å². The molecule has 0 bridgehead atoms. The molecule has 0 aromatic heterocycles. The molecule has 15 heteroatoms. The van der Waals surface area contributed by atoms with E-state index in [-0.39, 0.29) is 32.5 Å². The van der Waals surface area contributed by atoms with Crippen LogP contribution in [0.25, 0.3) is 0 Å². The molecule has 228 valence electrons. The van der Waals surface area contributed by atoms with Crippen molar-refractivity contribution in [3.05, 3.63) is 29.3 Å². The fourth-order valence-corrected chi connectivity index (χ4v) is 5.26. The Morgan fingerprint density at radius 2 is 1.52 bits per heavy atom. The van der Waals surface area contributed by atoms with Gasteiger partial charge in [0.1, 0.15) is 0 Å². The number of hydrogen-bond donors (Lipinski definition) is 0. The highest BCUT2D eigenvalue weighted by Crippen LogP contribution is 2.39. The third kappa shape index (κ3) is 7.65. The van der Waals surface area contributed by atoms with Crippen LogP contribution in [0.1, 0.15) is 44.2 Å². The van der Waals surface area contributed by atoms with Crippen LogP contribution in [0.2, 0.25) is 0 Å². The normalized spacial score (nSPS) is 18.9. The lowest BCUT2D eigenvalue weighted by atomic mass is 9.82. The SMILES string of the molecule is CCN(Cc1cc(N2CCOCC2)cc(C(F)(F)F)c1)C1(CC)CCN(C(=O)OC(C(F)(F)F)C(F)(F)F)CC1. The standard InChI is InChI=1S/C25H32F9N3O3/c1-3-22(5-7-36(8-6-22)21(38)40-20(24(29,30)31)25(32,33)34)37(4-2)16-17-13-18(23(26,27)28)15-19(14-17)35-9-11-39-12-10-35/h13-15,20H,3-12,16H2,1-2H3. The van der Waals surface area contributed by atoms with Gasteiger partial charge < -0.3 is 19.3 Å². The molecule has 0 N–H and O–H groups in total. The number of ether oxygens (including phenoxy) is 2. The van der Waals surface area contributed by atoms with Gasteiger partial charge in [-0.25, -0.2) is 4.79 Å². The Kier molecular flexibility index (Phi) is 9.80. The molecule has 1 amide bonds. The number of morpholine rings is 1. The van der Waals surface area contributed by atoms with Crippen molar-refractivity contribution in [2.75, 3.05) is 50.8 Å². The molecule has 0 atom stereocenters. The van der Waals surface area contributed by atoms with Gasteiger partial charge in [-0.15, -0.1) is 0 Å². The number of carbonyl (C=O) groups excluding carboxylic acids is 1. The first-order valence-electron chi connectivity index (χ1n) is 12.9. The zero-order valence-electron chi connectivity index (χ0n) is 22.1. The number of alkyl halides is 9. The number of anilines is 1. The molecule has 3 rings (SSSR count). The van der Waals surface area contributed by atoms with Crippen LogP contribution in [-0.2, 0) is 22.2 Å². The maximum Gasteiger partial charge on any atom is 0.434 e. The van der Waals surface area contributed by atoms with Crippen LogP contribution in [0, 0.1) is 0 Å². The molecule has 2 heterocycles. The van der Waals surface area contributed by atoms with E-state index in [1.54, 1.807) is 6.07 Å². The Bertz CT molecular complexity index is 986. The molecule has 2 aliphatic rings. The quantitative estimate of drug-likeness (QED) is 0.351. The Labute approximate surface area is 226 Å². The number of piperidine rings is 1. The molecule has 1 aromatic carbocycles. The van der Waals surface area contributed by atoms with Gasteiger partial charge in [-0.05, 0) is 49.6 Å². The zero-order valence-corrected chi connectivity index (χ0v) is 22.1. The lowest BCUT2D eigenvalue weighted by Crippen LogP contribution is -2.56. The van der Waals surface area contributed by atoms with Crippen LogP contribution in [-0.4, -0.2) is 85.8 Å². The van der Waals surface area contributed by atoms with Gasteiger partial charge >= 0.3 is 24.6 Å². The van der Waals surface area contributed by atoms with E-state index in [9.17, 15) is 44.3 Å². The number of rotatable bonds is 7. The van der Waals surface area contributed by atoms with E-state index < -0.39 is 41.8 Å². The van der Waals surface area contributed by atoms with E-state index in [2.05, 4.69) is 4.74 Å².